The number of aliphatic hydroxyl groups excluding tert-OH is 1. The maximum absolute atomic E-state index is 13.6. The molecule has 0 aliphatic heterocycles. The normalized spacial score (nSPS) is 15.9. The van der Waals surface area contributed by atoms with Crippen molar-refractivity contribution in [3.8, 4) is 6.07 Å². The van der Waals surface area contributed by atoms with Crippen LogP contribution in [-0.4, -0.2) is 58.8 Å². The Labute approximate surface area is 207 Å². The van der Waals surface area contributed by atoms with E-state index in [0.29, 0.717) is 5.56 Å². The highest BCUT2D eigenvalue weighted by molar-refractivity contribution is 5.92. The molecular formula is C26H38N4O5. The quantitative estimate of drug-likeness (QED) is 0.484. The number of nitrogens with one attached hydrogen (secondary N) is 2. The summed E-state index contributed by atoms with van der Waals surface area (Å²) < 4.78 is 5.21. The van der Waals surface area contributed by atoms with Crippen LogP contribution in [0.3, 0.4) is 0 Å². The van der Waals surface area contributed by atoms with Crippen LogP contribution in [-0.2, 0) is 14.3 Å². The number of hydrogen-bond donors (Lipinski definition) is 3. The molecule has 1 fully saturated rings. The van der Waals surface area contributed by atoms with Gasteiger partial charge in [-0.2, -0.15) is 5.26 Å². The van der Waals surface area contributed by atoms with Crippen molar-refractivity contribution < 1.29 is 24.2 Å². The Morgan fingerprint density at radius 2 is 1.86 bits per heavy atom. The molecule has 0 radical (unpaired) electrons. The van der Waals surface area contributed by atoms with Crippen LogP contribution in [0, 0.1) is 25.2 Å². The van der Waals surface area contributed by atoms with Crippen molar-refractivity contribution in [2.45, 2.75) is 90.4 Å². The second kappa shape index (κ2) is 12.5. The van der Waals surface area contributed by atoms with Gasteiger partial charge < -0.3 is 25.4 Å². The number of hydrogen-bond acceptors (Lipinski definition) is 6. The van der Waals surface area contributed by atoms with Crippen LogP contribution in [0.1, 0.15) is 75.6 Å². The van der Waals surface area contributed by atoms with E-state index in [0.717, 1.165) is 48.1 Å². The van der Waals surface area contributed by atoms with Gasteiger partial charge in [-0.1, -0.05) is 43.0 Å². The zero-order valence-electron chi connectivity index (χ0n) is 21.4. The zero-order valence-corrected chi connectivity index (χ0v) is 21.4. The molecule has 35 heavy (non-hydrogen) atoms. The molecule has 0 bridgehead atoms. The van der Waals surface area contributed by atoms with E-state index in [2.05, 4.69) is 10.6 Å². The first-order chi connectivity index (χ1) is 16.5. The molecule has 9 nitrogen and oxygen atoms in total. The van der Waals surface area contributed by atoms with E-state index in [1.165, 1.54) is 0 Å². The third kappa shape index (κ3) is 8.25. The first-order valence-electron chi connectivity index (χ1n) is 12.1. The van der Waals surface area contributed by atoms with Crippen molar-refractivity contribution in [2.24, 2.45) is 0 Å². The van der Waals surface area contributed by atoms with Gasteiger partial charge in [0.2, 0.25) is 11.8 Å². The maximum atomic E-state index is 13.6. The topological polar surface area (TPSA) is 132 Å². The van der Waals surface area contributed by atoms with Crippen molar-refractivity contribution in [2.75, 3.05) is 13.2 Å². The summed E-state index contributed by atoms with van der Waals surface area (Å²) in [4.78, 5) is 40.6. The number of carbonyl (C=O) groups is 3. The summed E-state index contributed by atoms with van der Waals surface area (Å²) in [6.45, 7) is 7.64. The molecular weight excluding hydrogens is 448 g/mol. The van der Waals surface area contributed by atoms with E-state index < -0.39 is 42.8 Å². The lowest BCUT2D eigenvalue weighted by atomic mass is 9.93. The molecule has 2 unspecified atom stereocenters. The van der Waals surface area contributed by atoms with E-state index in [4.69, 9.17) is 4.74 Å². The van der Waals surface area contributed by atoms with Crippen LogP contribution in [0.5, 0.6) is 0 Å². The van der Waals surface area contributed by atoms with Gasteiger partial charge in [0.05, 0.1) is 12.7 Å². The fourth-order valence-electron chi connectivity index (χ4n) is 4.24. The van der Waals surface area contributed by atoms with Crippen LogP contribution in [0.4, 0.5) is 4.79 Å². The minimum absolute atomic E-state index is 0.00331. The predicted molar refractivity (Wildman–Crippen MR) is 131 cm³/mol. The molecule has 3 amide bonds. The lowest BCUT2D eigenvalue weighted by Crippen LogP contribution is -2.55. The van der Waals surface area contributed by atoms with Gasteiger partial charge in [-0.15, -0.1) is 0 Å². The Hall–Kier alpha value is -3.12. The SMILES string of the molecule is Cc1ccc(C)c(C(C(=O)NC2CCCCC2)N(CC#N)C(=O)C(CO)NC(=O)OC(C)(C)C)c1. The standard InChI is InChI=1S/C26H38N4O5/c1-17-11-12-18(2)20(15-17)22(23(32)28-19-9-7-6-8-10-19)30(14-13-27)24(33)21(16-31)29-25(34)35-26(3,4)5/h11-12,15,19,21-22,31H,6-10,14,16H2,1-5H3,(H,28,32)(H,29,34). The summed E-state index contributed by atoms with van der Waals surface area (Å²) in [6, 6.07) is 5.08. The fourth-order valence-corrected chi connectivity index (χ4v) is 4.24. The number of nitriles is 1. The molecule has 1 aromatic rings. The summed E-state index contributed by atoms with van der Waals surface area (Å²) in [7, 11) is 0. The maximum Gasteiger partial charge on any atom is 0.408 e. The minimum atomic E-state index is -1.38. The molecule has 0 aromatic heterocycles. The summed E-state index contributed by atoms with van der Waals surface area (Å²) in [5.41, 5.74) is 1.48. The molecule has 1 aliphatic carbocycles. The largest absolute Gasteiger partial charge is 0.444 e. The number of alkyl carbamates (subject to hydrolysis) is 1. The van der Waals surface area contributed by atoms with Gasteiger partial charge in [-0.25, -0.2) is 4.79 Å². The molecule has 192 valence electrons. The monoisotopic (exact) mass is 486 g/mol. The molecule has 2 rings (SSSR count). The van der Waals surface area contributed by atoms with Crippen LogP contribution in [0.15, 0.2) is 18.2 Å². The van der Waals surface area contributed by atoms with Gasteiger partial charge in [0.25, 0.3) is 0 Å². The number of carbonyl (C=O) groups excluding carboxylic acids is 3. The second-order valence-corrected chi connectivity index (χ2v) is 10.1. The number of amides is 3. The van der Waals surface area contributed by atoms with Crippen LogP contribution in [0.2, 0.25) is 0 Å². The summed E-state index contributed by atoms with van der Waals surface area (Å²) in [5.74, 6) is -1.13. The van der Waals surface area contributed by atoms with E-state index >= 15 is 0 Å². The predicted octanol–water partition coefficient (Wildman–Crippen LogP) is 3.03. The van der Waals surface area contributed by atoms with Gasteiger partial charge in [0.15, 0.2) is 0 Å². The molecule has 0 saturated heterocycles. The van der Waals surface area contributed by atoms with Crippen molar-refractivity contribution in [1.82, 2.24) is 15.5 Å². The van der Waals surface area contributed by atoms with Gasteiger partial charge in [0, 0.05) is 6.04 Å². The summed E-state index contributed by atoms with van der Waals surface area (Å²) in [5, 5.41) is 24.9. The second-order valence-electron chi connectivity index (χ2n) is 10.1. The fraction of sp³-hybridized carbons (Fsp3) is 0.615. The third-order valence-electron chi connectivity index (χ3n) is 5.94. The highest BCUT2D eigenvalue weighted by Gasteiger charge is 2.37. The van der Waals surface area contributed by atoms with Crippen LogP contribution < -0.4 is 10.6 Å². The molecule has 2 atom stereocenters. The Kier molecular flexibility index (Phi) is 10.1. The van der Waals surface area contributed by atoms with E-state index in [9.17, 15) is 24.8 Å². The molecule has 0 spiro atoms. The highest BCUT2D eigenvalue weighted by Crippen LogP contribution is 2.28. The van der Waals surface area contributed by atoms with Crippen LogP contribution >= 0.6 is 0 Å². The smallest absolute Gasteiger partial charge is 0.408 e. The molecule has 1 aromatic carbocycles. The Morgan fingerprint density at radius 1 is 1.20 bits per heavy atom. The molecule has 0 heterocycles. The lowest BCUT2D eigenvalue weighted by Gasteiger charge is -2.34. The van der Waals surface area contributed by atoms with Gasteiger partial charge >= 0.3 is 6.09 Å². The number of rotatable bonds is 8. The van der Waals surface area contributed by atoms with E-state index in [1.807, 2.05) is 38.1 Å². The highest BCUT2D eigenvalue weighted by atomic mass is 16.6. The molecule has 3 N–H and O–H groups in total. The Bertz CT molecular complexity index is 944. The molecule has 1 aliphatic rings. The minimum Gasteiger partial charge on any atom is -0.444 e. The van der Waals surface area contributed by atoms with Crippen molar-refractivity contribution in [3.63, 3.8) is 0 Å². The van der Waals surface area contributed by atoms with Gasteiger partial charge in [-0.3, -0.25) is 9.59 Å². The Morgan fingerprint density at radius 3 is 2.43 bits per heavy atom. The lowest BCUT2D eigenvalue weighted by molar-refractivity contribution is -0.142. The average Bonchev–Trinajstić information content (AvgIpc) is 2.78. The first kappa shape index (κ1) is 28.1. The summed E-state index contributed by atoms with van der Waals surface area (Å²) >= 11 is 0. The van der Waals surface area contributed by atoms with Gasteiger partial charge in [-0.05, 0) is 58.6 Å². The van der Waals surface area contributed by atoms with E-state index in [1.54, 1.807) is 20.8 Å². The zero-order chi connectivity index (χ0) is 26.2. The average molecular weight is 487 g/mol. The van der Waals surface area contributed by atoms with Gasteiger partial charge in [0.1, 0.15) is 24.2 Å². The van der Waals surface area contributed by atoms with Crippen molar-refractivity contribution >= 4 is 17.9 Å². The first-order valence-corrected chi connectivity index (χ1v) is 12.1. The number of nitrogens with zero attached hydrogens (tertiary/aromatic N) is 2. The Balaban J connectivity index is 2.42. The number of benzene rings is 1. The molecule has 1 saturated carbocycles. The number of ether oxygens (including phenoxy) is 1. The van der Waals surface area contributed by atoms with Crippen molar-refractivity contribution in [3.05, 3.63) is 34.9 Å². The molecule has 9 heteroatoms. The van der Waals surface area contributed by atoms with Crippen molar-refractivity contribution in [1.29, 1.82) is 5.26 Å². The third-order valence-corrected chi connectivity index (χ3v) is 5.94. The number of aliphatic hydroxyl groups is 1. The van der Waals surface area contributed by atoms with Crippen LogP contribution in [0.25, 0.3) is 0 Å². The van der Waals surface area contributed by atoms with E-state index in [-0.39, 0.29) is 11.9 Å². The summed E-state index contributed by atoms with van der Waals surface area (Å²) in [6.07, 6.45) is 4.00. The number of aryl methyl sites for hydroxylation is 2.